The molecule has 1 heterocycles. The minimum atomic E-state index is -0.599. The Bertz CT molecular complexity index is 3560. The van der Waals surface area contributed by atoms with Crippen LogP contribution in [0.4, 0.5) is 21.5 Å². The highest BCUT2D eigenvalue weighted by molar-refractivity contribution is 6.20. The second kappa shape index (κ2) is 14.1. The van der Waals surface area contributed by atoms with Gasteiger partial charge in [0.05, 0.1) is 22.2 Å². The van der Waals surface area contributed by atoms with Crippen LogP contribution in [0.15, 0.2) is 235 Å². The predicted molar refractivity (Wildman–Crippen MR) is 261 cm³/mol. The Morgan fingerprint density at radius 3 is 1.56 bits per heavy atom. The van der Waals surface area contributed by atoms with Crippen LogP contribution < -0.4 is 4.90 Å². The van der Waals surface area contributed by atoms with Crippen molar-refractivity contribution in [2.45, 2.75) is 5.41 Å². The van der Waals surface area contributed by atoms with Crippen molar-refractivity contribution in [1.82, 2.24) is 0 Å². The maximum atomic E-state index is 14.1. The largest absolute Gasteiger partial charge is 0.455 e. The van der Waals surface area contributed by atoms with Gasteiger partial charge in [-0.1, -0.05) is 182 Å². The molecule has 0 N–H and O–H groups in total. The van der Waals surface area contributed by atoms with E-state index in [-0.39, 0.29) is 5.82 Å². The van der Waals surface area contributed by atoms with Crippen molar-refractivity contribution in [1.29, 1.82) is 0 Å². The third-order valence-corrected chi connectivity index (χ3v) is 13.6. The molecule has 0 amide bonds. The first-order valence-corrected chi connectivity index (χ1v) is 21.9. The fourth-order valence-electron chi connectivity index (χ4n) is 10.9. The molecule has 0 aliphatic heterocycles. The van der Waals surface area contributed by atoms with E-state index in [4.69, 9.17) is 4.42 Å². The normalized spacial score (nSPS) is 12.9. The zero-order valence-electron chi connectivity index (χ0n) is 34.7. The highest BCUT2D eigenvalue weighted by atomic mass is 19.1. The maximum absolute atomic E-state index is 14.1. The summed E-state index contributed by atoms with van der Waals surface area (Å²) in [6, 6.07) is 81.4. The van der Waals surface area contributed by atoms with Crippen molar-refractivity contribution in [2.24, 2.45) is 0 Å². The van der Waals surface area contributed by atoms with Gasteiger partial charge in [0.15, 0.2) is 0 Å². The van der Waals surface area contributed by atoms with Gasteiger partial charge < -0.3 is 9.32 Å². The zero-order valence-corrected chi connectivity index (χ0v) is 34.7. The second-order valence-electron chi connectivity index (χ2n) is 16.9. The number of rotatable bonds is 6. The van der Waals surface area contributed by atoms with Crippen LogP contribution in [-0.4, -0.2) is 0 Å². The lowest BCUT2D eigenvalue weighted by molar-refractivity contribution is 0.628. The molecule has 0 atom stereocenters. The van der Waals surface area contributed by atoms with Crippen molar-refractivity contribution in [2.75, 3.05) is 4.90 Å². The number of hydrogen-bond donors (Lipinski definition) is 0. The minimum Gasteiger partial charge on any atom is -0.455 e. The van der Waals surface area contributed by atoms with Gasteiger partial charge in [-0.25, -0.2) is 4.39 Å². The number of anilines is 3. The Hall–Kier alpha value is -8.27. The van der Waals surface area contributed by atoms with Crippen LogP contribution in [0.5, 0.6) is 0 Å². The summed E-state index contributed by atoms with van der Waals surface area (Å²) < 4.78 is 21.3. The molecule has 0 bridgehead atoms. The summed E-state index contributed by atoms with van der Waals surface area (Å²) >= 11 is 0. The smallest absolute Gasteiger partial charge is 0.145 e. The van der Waals surface area contributed by atoms with Crippen LogP contribution in [-0.2, 0) is 5.41 Å². The molecule has 1 aromatic heterocycles. The second-order valence-corrected chi connectivity index (χ2v) is 16.9. The van der Waals surface area contributed by atoms with E-state index in [0.29, 0.717) is 0 Å². The molecule has 2 nitrogen and oxygen atoms in total. The van der Waals surface area contributed by atoms with Crippen LogP contribution >= 0.6 is 0 Å². The maximum Gasteiger partial charge on any atom is 0.145 e. The van der Waals surface area contributed by atoms with Gasteiger partial charge >= 0.3 is 0 Å². The molecule has 13 rings (SSSR count). The number of benzene rings is 10. The predicted octanol–water partition coefficient (Wildman–Crippen LogP) is 16.5. The molecule has 2 aliphatic carbocycles. The quantitative estimate of drug-likeness (QED) is 0.166. The molecule has 1 spiro atoms. The van der Waals surface area contributed by atoms with Crippen molar-refractivity contribution < 1.29 is 8.81 Å². The molecule has 0 saturated heterocycles. The number of furan rings is 1. The van der Waals surface area contributed by atoms with Crippen LogP contribution in [0.3, 0.4) is 0 Å². The van der Waals surface area contributed by atoms with Gasteiger partial charge in [0.2, 0.25) is 0 Å². The van der Waals surface area contributed by atoms with Gasteiger partial charge in [0, 0.05) is 22.2 Å². The summed E-state index contributed by atoms with van der Waals surface area (Å²) in [6.07, 6.45) is 0. The molecule has 0 saturated carbocycles. The molecule has 0 unspecified atom stereocenters. The summed E-state index contributed by atoms with van der Waals surface area (Å²) in [6.45, 7) is 0. The van der Waals surface area contributed by atoms with Gasteiger partial charge in [0.25, 0.3) is 0 Å². The van der Waals surface area contributed by atoms with Gasteiger partial charge in [-0.3, -0.25) is 0 Å². The van der Waals surface area contributed by atoms with Crippen molar-refractivity contribution in [3.05, 3.63) is 259 Å². The van der Waals surface area contributed by atoms with E-state index in [9.17, 15) is 4.39 Å². The van der Waals surface area contributed by atoms with E-state index >= 15 is 0 Å². The van der Waals surface area contributed by atoms with Crippen LogP contribution in [0.25, 0.3) is 77.6 Å². The topological polar surface area (TPSA) is 16.4 Å². The van der Waals surface area contributed by atoms with Crippen LogP contribution in [0.2, 0.25) is 0 Å². The molecule has 10 aromatic carbocycles. The summed E-state index contributed by atoms with van der Waals surface area (Å²) in [5, 5.41) is 2.10. The Morgan fingerprint density at radius 2 is 0.891 bits per heavy atom. The number of fused-ring (bicyclic) bond motifs is 14. The average molecular weight is 820 g/mol. The number of para-hydroxylation sites is 1. The third-order valence-electron chi connectivity index (χ3n) is 13.6. The lowest BCUT2D eigenvalue weighted by Crippen LogP contribution is -2.26. The van der Waals surface area contributed by atoms with Gasteiger partial charge in [-0.05, 0) is 115 Å². The molecule has 11 aromatic rings. The van der Waals surface area contributed by atoms with Crippen molar-refractivity contribution >= 4 is 39.0 Å². The zero-order chi connectivity index (χ0) is 42.4. The standard InChI is InChI=1S/C61H38FNO/c62-44-32-27-40(28-33-44)41-29-34-45(35-30-41)63(55-36-31-43(39-15-3-1-4-16-39)37-50(55)42-17-5-2-6-18-42)56-38-54-58(60-59(56)49-22-10-14-26-57(49)64-60)48-21-9-13-25-53(48)61(54)51-23-11-7-19-46(51)47-20-8-12-24-52(47)61/h1-38H. The van der Waals surface area contributed by atoms with Crippen LogP contribution in [0, 0.1) is 5.82 Å². The fraction of sp³-hybridized carbons (Fsp3) is 0.0164. The van der Waals surface area contributed by atoms with Crippen molar-refractivity contribution in [3.8, 4) is 55.6 Å². The summed E-state index contributed by atoms with van der Waals surface area (Å²) in [4.78, 5) is 2.44. The molecule has 300 valence electrons. The van der Waals surface area contributed by atoms with Crippen molar-refractivity contribution in [3.63, 3.8) is 0 Å². The lowest BCUT2D eigenvalue weighted by atomic mass is 9.70. The lowest BCUT2D eigenvalue weighted by Gasteiger charge is -2.33. The summed E-state index contributed by atoms with van der Waals surface area (Å²) in [5.41, 5.74) is 20.4. The van der Waals surface area contributed by atoms with E-state index in [0.717, 1.165) is 77.9 Å². The number of hydrogen-bond acceptors (Lipinski definition) is 2. The molecule has 3 heteroatoms. The first kappa shape index (κ1) is 36.4. The van der Waals surface area contributed by atoms with E-state index in [1.165, 1.54) is 51.1 Å². The summed E-state index contributed by atoms with van der Waals surface area (Å²) in [5.74, 6) is -0.251. The first-order valence-electron chi connectivity index (χ1n) is 21.9. The van der Waals surface area contributed by atoms with Crippen LogP contribution in [0.1, 0.15) is 22.3 Å². The van der Waals surface area contributed by atoms with Gasteiger partial charge in [0.1, 0.15) is 17.0 Å². The average Bonchev–Trinajstić information content (AvgIpc) is 4.00. The molecule has 64 heavy (non-hydrogen) atoms. The highest BCUT2D eigenvalue weighted by Gasteiger charge is 2.53. The molecular formula is C61H38FNO. The molecular weight excluding hydrogens is 782 g/mol. The Morgan fingerprint density at radius 1 is 0.375 bits per heavy atom. The number of halogens is 1. The van der Waals surface area contributed by atoms with Gasteiger partial charge in [-0.2, -0.15) is 0 Å². The monoisotopic (exact) mass is 819 g/mol. The molecule has 2 aliphatic rings. The Labute approximate surface area is 370 Å². The molecule has 0 radical (unpaired) electrons. The summed E-state index contributed by atoms with van der Waals surface area (Å²) in [7, 11) is 0. The fourth-order valence-corrected chi connectivity index (χ4v) is 10.9. The molecule has 0 fully saturated rings. The minimum absolute atomic E-state index is 0.251. The van der Waals surface area contributed by atoms with E-state index in [2.05, 4.69) is 211 Å². The van der Waals surface area contributed by atoms with E-state index in [1.54, 1.807) is 0 Å². The highest BCUT2D eigenvalue weighted by Crippen LogP contribution is 2.65. The Kier molecular flexibility index (Phi) is 8.04. The van der Waals surface area contributed by atoms with Gasteiger partial charge in [-0.15, -0.1) is 0 Å². The third kappa shape index (κ3) is 5.25. The Balaban J connectivity index is 1.17. The van der Waals surface area contributed by atoms with E-state index in [1.807, 2.05) is 12.1 Å². The number of nitrogens with zero attached hydrogens (tertiary/aromatic N) is 1. The SMILES string of the molecule is Fc1ccc(-c2ccc(N(c3ccc(-c4ccccc4)cc3-c3ccccc3)c3cc4c(c5oc6ccccc6c35)-c3ccccc3C43c4ccccc4-c4ccccc43)cc2)cc1. The first-order chi connectivity index (χ1) is 31.7. The van der Waals surface area contributed by atoms with E-state index < -0.39 is 5.41 Å².